The molecule has 2 aromatic rings. The van der Waals surface area contributed by atoms with Crippen LogP contribution in [0.5, 0.6) is 0 Å². The Labute approximate surface area is 155 Å². The molecule has 4 rings (SSSR count). The van der Waals surface area contributed by atoms with Crippen LogP contribution in [0.2, 0.25) is 0 Å². The highest BCUT2D eigenvalue weighted by atomic mass is 16.5. The topological polar surface area (TPSA) is 63.2 Å². The molecule has 0 saturated carbocycles. The third-order valence-corrected chi connectivity index (χ3v) is 5.07. The molecule has 0 bridgehead atoms. The van der Waals surface area contributed by atoms with Crippen molar-refractivity contribution in [1.29, 1.82) is 0 Å². The van der Waals surface area contributed by atoms with E-state index in [0.29, 0.717) is 6.10 Å². The van der Waals surface area contributed by atoms with E-state index in [1.807, 2.05) is 18.3 Å². The summed E-state index contributed by atoms with van der Waals surface area (Å²) in [6.45, 7) is 6.75. The predicted octanol–water partition coefficient (Wildman–Crippen LogP) is 2.58. The molecule has 138 valence electrons. The van der Waals surface area contributed by atoms with Gasteiger partial charge in [-0.05, 0) is 44.4 Å². The van der Waals surface area contributed by atoms with E-state index in [4.69, 9.17) is 14.7 Å². The fraction of sp³-hybridized carbons (Fsp3) is 0.550. The van der Waals surface area contributed by atoms with E-state index in [1.54, 1.807) is 6.20 Å². The van der Waals surface area contributed by atoms with Crippen molar-refractivity contribution in [2.24, 2.45) is 0 Å². The van der Waals surface area contributed by atoms with Gasteiger partial charge in [0.1, 0.15) is 5.82 Å². The Kier molecular flexibility index (Phi) is 5.41. The first-order valence-corrected chi connectivity index (χ1v) is 9.72. The van der Waals surface area contributed by atoms with Gasteiger partial charge in [-0.15, -0.1) is 0 Å². The predicted molar refractivity (Wildman–Crippen MR) is 102 cm³/mol. The third kappa shape index (κ3) is 3.71. The number of piperidine rings is 1. The Hall–Kier alpha value is -2.05. The Morgan fingerprint density at radius 1 is 1.35 bits per heavy atom. The van der Waals surface area contributed by atoms with Crippen molar-refractivity contribution in [1.82, 2.24) is 20.3 Å². The van der Waals surface area contributed by atoms with Crippen LogP contribution in [-0.2, 0) is 17.7 Å². The van der Waals surface area contributed by atoms with Crippen molar-refractivity contribution < 1.29 is 4.74 Å². The standard InChI is InChI=1S/C20H27N5O/c1-2-11-26-16-6-4-10-25(14-16)20-17-7-9-22-13-18(17)23-19(24-20)15-5-3-8-21-12-15/h3,5,8,12,16,22H,2,4,6-7,9-11,13-14H2,1H3. The average molecular weight is 353 g/mol. The normalized spacial score (nSPS) is 20.0. The van der Waals surface area contributed by atoms with Gasteiger partial charge in [-0.1, -0.05) is 6.92 Å². The van der Waals surface area contributed by atoms with Gasteiger partial charge in [-0.3, -0.25) is 4.98 Å². The van der Waals surface area contributed by atoms with Gasteiger partial charge in [-0.25, -0.2) is 9.97 Å². The molecule has 0 aromatic carbocycles. The van der Waals surface area contributed by atoms with E-state index in [-0.39, 0.29) is 0 Å². The first-order valence-electron chi connectivity index (χ1n) is 9.72. The number of aromatic nitrogens is 3. The second kappa shape index (κ2) is 8.10. The molecular weight excluding hydrogens is 326 g/mol. The molecule has 1 N–H and O–H groups in total. The summed E-state index contributed by atoms with van der Waals surface area (Å²) in [6.07, 6.45) is 8.26. The van der Waals surface area contributed by atoms with Gasteiger partial charge in [0.2, 0.25) is 0 Å². The number of nitrogens with one attached hydrogen (secondary N) is 1. The lowest BCUT2D eigenvalue weighted by Crippen LogP contribution is -2.41. The van der Waals surface area contributed by atoms with Crippen molar-refractivity contribution >= 4 is 5.82 Å². The zero-order valence-electron chi connectivity index (χ0n) is 15.4. The Bertz CT molecular complexity index is 736. The molecule has 1 fully saturated rings. The van der Waals surface area contributed by atoms with Crippen LogP contribution >= 0.6 is 0 Å². The zero-order valence-corrected chi connectivity index (χ0v) is 15.4. The largest absolute Gasteiger partial charge is 0.376 e. The van der Waals surface area contributed by atoms with Gasteiger partial charge >= 0.3 is 0 Å². The highest BCUT2D eigenvalue weighted by Gasteiger charge is 2.26. The quantitative estimate of drug-likeness (QED) is 0.891. The molecule has 0 aliphatic carbocycles. The Morgan fingerprint density at radius 2 is 2.31 bits per heavy atom. The minimum atomic E-state index is 0.304. The number of anilines is 1. The molecular formula is C20H27N5O. The summed E-state index contributed by atoms with van der Waals surface area (Å²) in [7, 11) is 0. The first-order chi connectivity index (χ1) is 12.8. The summed E-state index contributed by atoms with van der Waals surface area (Å²) < 4.78 is 6.04. The van der Waals surface area contributed by atoms with Gasteiger partial charge in [0.25, 0.3) is 0 Å². The molecule has 4 heterocycles. The lowest BCUT2D eigenvalue weighted by molar-refractivity contribution is 0.0439. The van der Waals surface area contributed by atoms with Crippen molar-refractivity contribution in [3.63, 3.8) is 0 Å². The molecule has 2 aliphatic heterocycles. The maximum Gasteiger partial charge on any atom is 0.163 e. The number of fused-ring (bicyclic) bond motifs is 1. The smallest absolute Gasteiger partial charge is 0.163 e. The van der Waals surface area contributed by atoms with Crippen molar-refractivity contribution in [3.8, 4) is 11.4 Å². The summed E-state index contributed by atoms with van der Waals surface area (Å²) in [6, 6.07) is 3.96. The lowest BCUT2D eigenvalue weighted by Gasteiger charge is -2.35. The third-order valence-electron chi connectivity index (χ3n) is 5.07. The number of hydrogen-bond acceptors (Lipinski definition) is 6. The van der Waals surface area contributed by atoms with E-state index in [1.165, 1.54) is 5.56 Å². The average Bonchev–Trinajstić information content (AvgIpc) is 2.72. The molecule has 1 atom stereocenters. The van der Waals surface area contributed by atoms with Gasteiger partial charge in [0.05, 0.1) is 11.8 Å². The van der Waals surface area contributed by atoms with E-state index in [2.05, 4.69) is 22.1 Å². The molecule has 2 aliphatic rings. The molecule has 0 radical (unpaired) electrons. The van der Waals surface area contributed by atoms with Crippen molar-refractivity contribution in [2.75, 3.05) is 31.1 Å². The molecule has 6 heteroatoms. The Morgan fingerprint density at radius 3 is 3.15 bits per heavy atom. The number of pyridine rings is 1. The fourth-order valence-corrected chi connectivity index (χ4v) is 3.78. The molecule has 0 spiro atoms. The summed E-state index contributed by atoms with van der Waals surface area (Å²) in [5.74, 6) is 1.87. The van der Waals surface area contributed by atoms with E-state index in [0.717, 1.165) is 81.4 Å². The van der Waals surface area contributed by atoms with Crippen LogP contribution in [0.25, 0.3) is 11.4 Å². The molecule has 1 saturated heterocycles. The van der Waals surface area contributed by atoms with Gasteiger partial charge < -0.3 is 15.0 Å². The summed E-state index contributed by atoms with van der Waals surface area (Å²) >= 11 is 0. The van der Waals surface area contributed by atoms with Crippen LogP contribution in [-0.4, -0.2) is 47.3 Å². The number of nitrogens with zero attached hydrogens (tertiary/aromatic N) is 4. The minimum absolute atomic E-state index is 0.304. The monoisotopic (exact) mass is 353 g/mol. The van der Waals surface area contributed by atoms with Crippen molar-refractivity contribution in [2.45, 2.75) is 45.3 Å². The summed E-state index contributed by atoms with van der Waals surface area (Å²) in [5, 5.41) is 3.44. The summed E-state index contributed by atoms with van der Waals surface area (Å²) in [5.41, 5.74) is 3.39. The van der Waals surface area contributed by atoms with Gasteiger partial charge in [0, 0.05) is 49.8 Å². The van der Waals surface area contributed by atoms with Crippen LogP contribution < -0.4 is 10.2 Å². The second-order valence-electron chi connectivity index (χ2n) is 7.05. The van der Waals surface area contributed by atoms with Gasteiger partial charge in [0.15, 0.2) is 5.82 Å². The number of rotatable bonds is 5. The molecule has 26 heavy (non-hydrogen) atoms. The number of hydrogen-bond donors (Lipinski definition) is 1. The fourth-order valence-electron chi connectivity index (χ4n) is 3.78. The molecule has 0 amide bonds. The van der Waals surface area contributed by atoms with Crippen LogP contribution in [0, 0.1) is 0 Å². The van der Waals surface area contributed by atoms with Crippen LogP contribution in [0.3, 0.4) is 0 Å². The van der Waals surface area contributed by atoms with Gasteiger partial charge in [-0.2, -0.15) is 0 Å². The molecule has 1 unspecified atom stereocenters. The lowest BCUT2D eigenvalue weighted by atomic mass is 10.0. The number of ether oxygens (including phenoxy) is 1. The van der Waals surface area contributed by atoms with E-state index in [9.17, 15) is 0 Å². The molecule has 2 aromatic heterocycles. The minimum Gasteiger partial charge on any atom is -0.376 e. The first kappa shape index (κ1) is 17.4. The second-order valence-corrected chi connectivity index (χ2v) is 7.05. The zero-order chi connectivity index (χ0) is 17.8. The SMILES string of the molecule is CCCOC1CCCN(c2nc(-c3cccnc3)nc3c2CCNC3)C1. The van der Waals surface area contributed by atoms with Crippen molar-refractivity contribution in [3.05, 3.63) is 35.8 Å². The maximum atomic E-state index is 6.04. The van der Waals surface area contributed by atoms with Crippen LogP contribution in [0.4, 0.5) is 5.82 Å². The van der Waals surface area contributed by atoms with Crippen LogP contribution in [0.15, 0.2) is 24.5 Å². The highest BCUT2D eigenvalue weighted by molar-refractivity contribution is 5.60. The highest BCUT2D eigenvalue weighted by Crippen LogP contribution is 2.29. The van der Waals surface area contributed by atoms with E-state index < -0.39 is 0 Å². The molecule has 6 nitrogen and oxygen atoms in total. The van der Waals surface area contributed by atoms with E-state index >= 15 is 0 Å². The Balaban J connectivity index is 1.67. The van der Waals surface area contributed by atoms with Crippen LogP contribution in [0.1, 0.15) is 37.4 Å². The maximum absolute atomic E-state index is 6.04. The summed E-state index contributed by atoms with van der Waals surface area (Å²) in [4.78, 5) is 16.5.